The number of nitrogens with zero attached hydrogens (tertiary/aromatic N) is 5. The summed E-state index contributed by atoms with van der Waals surface area (Å²) in [5.41, 5.74) is 1.71. The van der Waals surface area contributed by atoms with Gasteiger partial charge >= 0.3 is 0 Å². The van der Waals surface area contributed by atoms with Gasteiger partial charge in [0.05, 0.1) is 17.0 Å². The second-order valence-electron chi connectivity index (χ2n) is 4.52. The molecule has 1 N–H and O–H groups in total. The molecule has 0 aromatic carbocycles. The monoisotopic (exact) mass is 388 g/mol. The van der Waals surface area contributed by atoms with Crippen LogP contribution in [0.4, 0.5) is 5.82 Å². The van der Waals surface area contributed by atoms with Crippen molar-refractivity contribution >= 4 is 56.0 Å². The van der Waals surface area contributed by atoms with Crippen LogP contribution in [0.15, 0.2) is 17.0 Å². The van der Waals surface area contributed by atoms with Gasteiger partial charge in [-0.3, -0.25) is 0 Å². The third-order valence-electron chi connectivity index (χ3n) is 3.23. The van der Waals surface area contributed by atoms with Gasteiger partial charge in [0.1, 0.15) is 21.9 Å². The zero-order chi connectivity index (χ0) is 15.1. The van der Waals surface area contributed by atoms with E-state index in [2.05, 4.69) is 36.3 Å². The van der Waals surface area contributed by atoms with Crippen molar-refractivity contribution in [3.05, 3.63) is 32.9 Å². The summed E-state index contributed by atoms with van der Waals surface area (Å²) in [6, 6.07) is 1.83. The number of aromatic nitrogens is 5. The van der Waals surface area contributed by atoms with Crippen LogP contribution < -0.4 is 5.32 Å². The van der Waals surface area contributed by atoms with Crippen molar-refractivity contribution in [3.63, 3.8) is 0 Å². The van der Waals surface area contributed by atoms with E-state index in [1.807, 2.05) is 24.7 Å². The molecule has 110 valence electrons. The lowest BCUT2D eigenvalue weighted by Gasteiger charge is -2.08. The van der Waals surface area contributed by atoms with Crippen LogP contribution in [-0.2, 0) is 20.6 Å². The number of hydrogen-bond acceptors (Lipinski definition) is 4. The van der Waals surface area contributed by atoms with Crippen molar-refractivity contribution in [2.75, 3.05) is 5.32 Å². The van der Waals surface area contributed by atoms with E-state index in [4.69, 9.17) is 23.2 Å². The molecule has 0 saturated heterocycles. The molecule has 0 atom stereocenters. The summed E-state index contributed by atoms with van der Waals surface area (Å²) in [5.74, 6) is 0.702. The lowest BCUT2D eigenvalue weighted by Crippen LogP contribution is -2.06. The molecule has 0 saturated carbocycles. The number of rotatable bonds is 3. The molecule has 3 aromatic rings. The minimum Gasteiger partial charge on any atom is -0.364 e. The van der Waals surface area contributed by atoms with Gasteiger partial charge < -0.3 is 9.88 Å². The fourth-order valence-corrected chi connectivity index (χ4v) is 3.13. The largest absolute Gasteiger partial charge is 0.364 e. The normalized spacial score (nSPS) is 11.3. The molecule has 3 aromatic heterocycles. The number of hydrogen-bond donors (Lipinski definition) is 1. The van der Waals surface area contributed by atoms with Crippen LogP contribution in [0.5, 0.6) is 0 Å². The van der Waals surface area contributed by atoms with Crippen LogP contribution in [0.25, 0.3) is 11.0 Å². The summed E-state index contributed by atoms with van der Waals surface area (Å²) in [6.07, 6.45) is 1.50. The maximum atomic E-state index is 6.06. The van der Waals surface area contributed by atoms with E-state index in [0.29, 0.717) is 27.1 Å². The first-order chi connectivity index (χ1) is 9.99. The Balaban J connectivity index is 1.94. The molecule has 0 aliphatic rings. The second-order valence-corrected chi connectivity index (χ2v) is 6.04. The zero-order valence-electron chi connectivity index (χ0n) is 11.2. The Kier molecular flexibility index (Phi) is 3.81. The van der Waals surface area contributed by atoms with Gasteiger partial charge in [0.2, 0.25) is 0 Å². The van der Waals surface area contributed by atoms with E-state index in [0.717, 1.165) is 16.7 Å². The fraction of sp³-hybridized carbons (Fsp3) is 0.250. The van der Waals surface area contributed by atoms with Gasteiger partial charge in [-0.05, 0) is 22.0 Å². The Morgan fingerprint density at radius 1 is 1.29 bits per heavy atom. The average molecular weight is 390 g/mol. The van der Waals surface area contributed by atoms with Crippen molar-refractivity contribution in [2.24, 2.45) is 14.1 Å². The Bertz CT molecular complexity index is 825. The van der Waals surface area contributed by atoms with Gasteiger partial charge in [-0.1, -0.05) is 23.2 Å². The zero-order valence-corrected chi connectivity index (χ0v) is 14.3. The number of fused-ring (bicyclic) bond motifs is 1. The Hall–Kier alpha value is -1.31. The predicted molar refractivity (Wildman–Crippen MR) is 86.8 cm³/mol. The lowest BCUT2D eigenvalue weighted by atomic mass is 10.3. The number of halogens is 3. The molecule has 6 nitrogen and oxygen atoms in total. The standard InChI is InChI=1S/C12H11BrCl2N6/c1-20-6(3-7(14)10(20)15)4-16-11-8-9(13)19-21(2)12(8)18-5-17-11/h3,5H,4H2,1-2H3,(H,16,17,18). The van der Waals surface area contributed by atoms with Crippen molar-refractivity contribution in [1.29, 1.82) is 0 Å². The third-order valence-corrected chi connectivity index (χ3v) is 4.63. The topological polar surface area (TPSA) is 60.6 Å². The quantitative estimate of drug-likeness (QED) is 0.745. The lowest BCUT2D eigenvalue weighted by molar-refractivity contribution is 0.777. The molecule has 0 fully saturated rings. The summed E-state index contributed by atoms with van der Waals surface area (Å²) in [5, 5.41) is 9.44. The highest BCUT2D eigenvalue weighted by Gasteiger charge is 2.14. The highest BCUT2D eigenvalue weighted by atomic mass is 79.9. The van der Waals surface area contributed by atoms with Crippen LogP contribution in [0, 0.1) is 0 Å². The molecular formula is C12H11BrCl2N6. The second kappa shape index (κ2) is 5.47. The fourth-order valence-electron chi connectivity index (χ4n) is 2.11. The Morgan fingerprint density at radius 2 is 2.05 bits per heavy atom. The minimum atomic E-state index is 0.517. The number of anilines is 1. The van der Waals surface area contributed by atoms with Crippen molar-refractivity contribution in [1.82, 2.24) is 24.3 Å². The Labute approximate surface area is 139 Å². The molecular weight excluding hydrogens is 379 g/mol. The van der Waals surface area contributed by atoms with Gasteiger partial charge in [-0.2, -0.15) is 5.10 Å². The van der Waals surface area contributed by atoms with Gasteiger partial charge in [0.15, 0.2) is 5.65 Å². The molecule has 0 radical (unpaired) electrons. The molecule has 9 heteroatoms. The van der Waals surface area contributed by atoms with Crippen molar-refractivity contribution in [2.45, 2.75) is 6.54 Å². The number of nitrogens with one attached hydrogen (secondary N) is 1. The van der Waals surface area contributed by atoms with Crippen LogP contribution in [0.1, 0.15) is 5.69 Å². The van der Waals surface area contributed by atoms with Crippen molar-refractivity contribution in [3.8, 4) is 0 Å². The van der Waals surface area contributed by atoms with Crippen LogP contribution in [-0.4, -0.2) is 24.3 Å². The van der Waals surface area contributed by atoms with Crippen LogP contribution in [0.2, 0.25) is 10.2 Å². The maximum Gasteiger partial charge on any atom is 0.164 e. The van der Waals surface area contributed by atoms with Gasteiger partial charge in [-0.25, -0.2) is 14.6 Å². The summed E-state index contributed by atoms with van der Waals surface area (Å²) in [4.78, 5) is 8.50. The smallest absolute Gasteiger partial charge is 0.164 e. The average Bonchev–Trinajstić information content (AvgIpc) is 2.89. The predicted octanol–water partition coefficient (Wildman–Crippen LogP) is 3.38. The van der Waals surface area contributed by atoms with Crippen LogP contribution >= 0.6 is 39.1 Å². The number of aryl methyl sites for hydroxylation is 1. The highest BCUT2D eigenvalue weighted by Crippen LogP contribution is 2.28. The Morgan fingerprint density at radius 3 is 2.71 bits per heavy atom. The van der Waals surface area contributed by atoms with E-state index >= 15 is 0 Å². The summed E-state index contributed by atoms with van der Waals surface area (Å²) < 4.78 is 4.22. The molecule has 3 heterocycles. The molecule has 0 spiro atoms. The molecule has 21 heavy (non-hydrogen) atoms. The van der Waals surface area contributed by atoms with Gasteiger partial charge in [-0.15, -0.1) is 0 Å². The molecule has 3 rings (SSSR count). The summed E-state index contributed by atoms with van der Waals surface area (Å²) in [7, 11) is 3.70. The highest BCUT2D eigenvalue weighted by molar-refractivity contribution is 9.10. The van der Waals surface area contributed by atoms with E-state index < -0.39 is 0 Å². The molecule has 0 amide bonds. The van der Waals surface area contributed by atoms with Crippen molar-refractivity contribution < 1.29 is 0 Å². The first-order valence-electron chi connectivity index (χ1n) is 6.05. The first kappa shape index (κ1) is 14.6. The summed E-state index contributed by atoms with van der Waals surface area (Å²) in [6.45, 7) is 0.538. The molecule has 0 unspecified atom stereocenters. The first-order valence-corrected chi connectivity index (χ1v) is 7.60. The maximum absolute atomic E-state index is 6.06. The SMILES string of the molecule is Cn1c(CNc2ncnc3c2c(Br)nn3C)cc(Cl)c1Cl. The molecule has 0 aliphatic carbocycles. The third kappa shape index (κ3) is 2.49. The van der Waals surface area contributed by atoms with E-state index in [-0.39, 0.29) is 0 Å². The van der Waals surface area contributed by atoms with Gasteiger partial charge in [0.25, 0.3) is 0 Å². The van der Waals surface area contributed by atoms with Gasteiger partial charge in [0, 0.05) is 19.8 Å². The molecule has 0 bridgehead atoms. The van der Waals surface area contributed by atoms with Crippen LogP contribution in [0.3, 0.4) is 0 Å². The van der Waals surface area contributed by atoms with E-state index in [1.165, 1.54) is 6.33 Å². The van der Waals surface area contributed by atoms with E-state index in [1.54, 1.807) is 4.68 Å². The van der Waals surface area contributed by atoms with E-state index in [9.17, 15) is 0 Å². The molecule has 0 aliphatic heterocycles. The minimum absolute atomic E-state index is 0.517. The summed E-state index contributed by atoms with van der Waals surface area (Å²) >= 11 is 15.5.